The van der Waals surface area contributed by atoms with Crippen molar-refractivity contribution in [3.63, 3.8) is 0 Å². The summed E-state index contributed by atoms with van der Waals surface area (Å²) in [5, 5.41) is 7.93. The number of carbonyl (C=O) groups excluding carboxylic acids is 2. The standard InChI is InChI=1S/C5H6O4.Er/c1-3(6)2-4(7)5(8)9;/h2H2,1H3,(H,8,9);. The van der Waals surface area contributed by atoms with Crippen LogP contribution in [0, 0.1) is 37.3 Å². The second-order valence-corrected chi connectivity index (χ2v) is 1.61. The molecular weight excluding hydrogens is 291 g/mol. The number of carboxylic acids is 1. The minimum atomic E-state index is -1.55. The zero-order valence-corrected chi connectivity index (χ0v) is 7.02. The predicted molar refractivity (Wildman–Crippen MR) is 27.9 cm³/mol. The predicted octanol–water partition coefficient (Wildman–Crippen LogP) is -0.381. The summed E-state index contributed by atoms with van der Waals surface area (Å²) in [4.78, 5) is 29.9. The molecular formula is C5H6ErO4. The molecule has 10 heavy (non-hydrogen) atoms. The summed E-state index contributed by atoms with van der Waals surface area (Å²) in [6, 6.07) is 0. The molecule has 0 aromatic rings. The maximum Gasteiger partial charge on any atom is 0.372 e. The number of carbonyl (C=O) groups is 3. The fraction of sp³-hybridized carbons (Fsp3) is 0.400. The molecule has 0 unspecified atom stereocenters. The zero-order valence-electron chi connectivity index (χ0n) is 5.17. The average molecular weight is 297 g/mol. The van der Waals surface area contributed by atoms with Gasteiger partial charge < -0.3 is 5.11 Å². The summed E-state index contributed by atoms with van der Waals surface area (Å²) in [6.07, 6.45) is -0.505. The van der Waals surface area contributed by atoms with Crippen molar-refractivity contribution in [2.45, 2.75) is 13.3 Å². The number of aliphatic carboxylic acids is 1. The molecule has 0 aliphatic rings. The van der Waals surface area contributed by atoms with Crippen molar-refractivity contribution in [3.05, 3.63) is 0 Å². The van der Waals surface area contributed by atoms with Crippen LogP contribution < -0.4 is 0 Å². The van der Waals surface area contributed by atoms with Gasteiger partial charge in [0.2, 0.25) is 5.78 Å². The zero-order chi connectivity index (χ0) is 7.44. The van der Waals surface area contributed by atoms with Gasteiger partial charge in [-0.15, -0.1) is 0 Å². The first-order chi connectivity index (χ1) is 4.04. The molecule has 0 atom stereocenters. The van der Waals surface area contributed by atoms with E-state index in [1.807, 2.05) is 0 Å². The first-order valence-corrected chi connectivity index (χ1v) is 2.29. The molecule has 0 heterocycles. The van der Waals surface area contributed by atoms with Crippen LogP contribution in [-0.2, 0) is 14.4 Å². The minimum absolute atomic E-state index is 0. The molecule has 0 fully saturated rings. The minimum Gasteiger partial charge on any atom is -0.475 e. The number of hydrogen-bond donors (Lipinski definition) is 1. The van der Waals surface area contributed by atoms with Crippen LogP contribution in [0.1, 0.15) is 13.3 Å². The van der Waals surface area contributed by atoms with E-state index in [0.717, 1.165) is 0 Å². The van der Waals surface area contributed by atoms with E-state index in [1.54, 1.807) is 0 Å². The quantitative estimate of drug-likeness (QED) is 0.569. The summed E-state index contributed by atoms with van der Waals surface area (Å²) in [5.41, 5.74) is 0. The Bertz CT molecular complexity index is 163. The van der Waals surface area contributed by atoms with Gasteiger partial charge in [0.15, 0.2) is 0 Å². The van der Waals surface area contributed by atoms with Crippen LogP contribution in [-0.4, -0.2) is 22.6 Å². The Balaban J connectivity index is 0. The van der Waals surface area contributed by atoms with Gasteiger partial charge in [-0.05, 0) is 6.92 Å². The molecule has 0 aromatic carbocycles. The van der Waals surface area contributed by atoms with E-state index in [2.05, 4.69) is 0 Å². The van der Waals surface area contributed by atoms with Crippen molar-refractivity contribution >= 4 is 17.5 Å². The number of carboxylic acid groups (broad SMARTS) is 1. The molecule has 0 aliphatic heterocycles. The van der Waals surface area contributed by atoms with Crippen molar-refractivity contribution < 1.29 is 56.8 Å². The molecule has 0 bridgehead atoms. The second kappa shape index (κ2) is 5.81. The topological polar surface area (TPSA) is 71.4 Å². The van der Waals surface area contributed by atoms with Crippen molar-refractivity contribution in [1.29, 1.82) is 0 Å². The number of rotatable bonds is 3. The monoisotopic (exact) mass is 296 g/mol. The smallest absolute Gasteiger partial charge is 0.372 e. The molecule has 0 aliphatic carbocycles. The fourth-order valence-corrected chi connectivity index (χ4v) is 0.302. The molecule has 0 saturated heterocycles. The van der Waals surface area contributed by atoms with E-state index in [1.165, 1.54) is 6.92 Å². The molecule has 0 radical (unpaired) electrons. The maximum absolute atomic E-state index is 10.1. The van der Waals surface area contributed by atoms with Gasteiger partial charge in [-0.2, -0.15) is 0 Å². The van der Waals surface area contributed by atoms with Crippen molar-refractivity contribution in [2.24, 2.45) is 0 Å². The molecule has 0 rings (SSSR count). The van der Waals surface area contributed by atoms with Crippen molar-refractivity contribution in [2.75, 3.05) is 0 Å². The Morgan fingerprint density at radius 3 is 1.80 bits per heavy atom. The molecule has 0 aromatic heterocycles. The van der Waals surface area contributed by atoms with Crippen LogP contribution >= 0.6 is 0 Å². The van der Waals surface area contributed by atoms with Crippen LogP contribution in [0.4, 0.5) is 0 Å². The van der Waals surface area contributed by atoms with Crippen LogP contribution in [0.3, 0.4) is 0 Å². The largest absolute Gasteiger partial charge is 0.475 e. The Morgan fingerprint density at radius 1 is 1.30 bits per heavy atom. The number of hydrogen-bond acceptors (Lipinski definition) is 3. The molecule has 1 N–H and O–H groups in total. The Kier molecular flexibility index (Phi) is 7.39. The van der Waals surface area contributed by atoms with Gasteiger partial charge in [-0.3, -0.25) is 9.59 Å². The van der Waals surface area contributed by atoms with E-state index in [-0.39, 0.29) is 37.3 Å². The summed E-state index contributed by atoms with van der Waals surface area (Å²) >= 11 is 0. The molecule has 0 amide bonds. The molecule has 62 valence electrons. The average Bonchev–Trinajstić information content (AvgIpc) is 1.63. The number of Topliss-reactive ketones (excluding diaryl/α,β-unsaturated/α-hetero) is 2. The van der Waals surface area contributed by atoms with Gasteiger partial charge in [0.05, 0.1) is 6.42 Å². The summed E-state index contributed by atoms with van der Waals surface area (Å²) < 4.78 is 0. The molecule has 0 saturated carbocycles. The molecule has 0 spiro atoms. The van der Waals surface area contributed by atoms with Gasteiger partial charge in [-0.1, -0.05) is 0 Å². The maximum atomic E-state index is 10.1. The second-order valence-electron chi connectivity index (χ2n) is 1.61. The summed E-state index contributed by atoms with van der Waals surface area (Å²) in [5.74, 6) is -3.03. The van der Waals surface area contributed by atoms with E-state index in [4.69, 9.17) is 5.11 Å². The van der Waals surface area contributed by atoms with E-state index in [0.29, 0.717) is 0 Å². The van der Waals surface area contributed by atoms with Gasteiger partial charge in [0.25, 0.3) is 0 Å². The van der Waals surface area contributed by atoms with E-state index >= 15 is 0 Å². The molecule has 5 heteroatoms. The van der Waals surface area contributed by atoms with Crippen LogP contribution in [0.25, 0.3) is 0 Å². The third kappa shape index (κ3) is 6.18. The normalized spacial score (nSPS) is 7.70. The van der Waals surface area contributed by atoms with Crippen molar-refractivity contribution in [3.8, 4) is 0 Å². The fourth-order valence-electron chi connectivity index (χ4n) is 0.302. The van der Waals surface area contributed by atoms with Crippen LogP contribution in [0.2, 0.25) is 0 Å². The third-order valence-electron chi connectivity index (χ3n) is 0.648. The van der Waals surface area contributed by atoms with Gasteiger partial charge in [0.1, 0.15) is 5.78 Å². The van der Waals surface area contributed by atoms with Gasteiger partial charge in [-0.25, -0.2) is 4.79 Å². The van der Waals surface area contributed by atoms with E-state index in [9.17, 15) is 14.4 Å². The van der Waals surface area contributed by atoms with Gasteiger partial charge in [0, 0.05) is 37.3 Å². The van der Waals surface area contributed by atoms with Crippen molar-refractivity contribution in [1.82, 2.24) is 0 Å². The summed E-state index contributed by atoms with van der Waals surface area (Å²) in [7, 11) is 0. The van der Waals surface area contributed by atoms with E-state index < -0.39 is 24.0 Å². The van der Waals surface area contributed by atoms with Crippen LogP contribution in [0.15, 0.2) is 0 Å². The first-order valence-electron chi connectivity index (χ1n) is 2.29. The summed E-state index contributed by atoms with van der Waals surface area (Å²) in [6.45, 7) is 1.17. The Hall–Kier alpha value is 0.0568. The Labute approximate surface area is 87.2 Å². The van der Waals surface area contributed by atoms with Gasteiger partial charge >= 0.3 is 5.97 Å². The third-order valence-corrected chi connectivity index (χ3v) is 0.648. The number of ketones is 2. The SMILES string of the molecule is CC(=O)CC(=O)C(=O)O.[Er]. The first kappa shape index (κ1) is 12.7. The van der Waals surface area contributed by atoms with Crippen LogP contribution in [0.5, 0.6) is 0 Å². The Morgan fingerprint density at radius 2 is 1.70 bits per heavy atom. The molecule has 4 nitrogen and oxygen atoms in total.